The summed E-state index contributed by atoms with van der Waals surface area (Å²) < 4.78 is 4.95. The molecule has 5 nitrogen and oxygen atoms in total. The van der Waals surface area contributed by atoms with E-state index in [-0.39, 0.29) is 17.9 Å². The molecule has 1 aromatic carbocycles. The van der Waals surface area contributed by atoms with E-state index in [0.29, 0.717) is 5.75 Å². The van der Waals surface area contributed by atoms with Gasteiger partial charge in [-0.3, -0.25) is 4.79 Å². The van der Waals surface area contributed by atoms with E-state index in [2.05, 4.69) is 5.32 Å². The quantitative estimate of drug-likeness (QED) is 0.697. The summed E-state index contributed by atoms with van der Waals surface area (Å²) in [6.45, 7) is 1.70. The summed E-state index contributed by atoms with van der Waals surface area (Å²) in [6, 6.07) is 4.38. The van der Waals surface area contributed by atoms with Crippen LogP contribution in [0.1, 0.15) is 17.3 Å². The van der Waals surface area contributed by atoms with Crippen LogP contribution in [-0.4, -0.2) is 35.9 Å². The monoisotopic (exact) mass is 225 g/mol. The first-order valence-corrected chi connectivity index (χ1v) is 4.88. The predicted molar refractivity (Wildman–Crippen MR) is 58.7 cm³/mol. The van der Waals surface area contributed by atoms with Crippen LogP contribution in [0, 0.1) is 0 Å². The van der Waals surface area contributed by atoms with Gasteiger partial charge in [0.05, 0.1) is 18.8 Å². The van der Waals surface area contributed by atoms with E-state index in [1.54, 1.807) is 13.0 Å². The fraction of sp³-hybridized carbons (Fsp3) is 0.364. The Kier molecular flexibility index (Phi) is 4.13. The van der Waals surface area contributed by atoms with Crippen LogP contribution in [0.4, 0.5) is 0 Å². The second kappa shape index (κ2) is 5.37. The van der Waals surface area contributed by atoms with E-state index in [1.165, 1.54) is 19.2 Å². The predicted octanol–water partition coefficient (Wildman–Crippen LogP) is 0.511. The minimum Gasteiger partial charge on any atom is -0.507 e. The molecule has 0 saturated heterocycles. The highest BCUT2D eigenvalue weighted by atomic mass is 16.5. The molecule has 0 radical (unpaired) electrons. The van der Waals surface area contributed by atoms with Crippen molar-refractivity contribution < 1.29 is 19.7 Å². The third-order valence-electron chi connectivity index (χ3n) is 2.01. The number of methoxy groups -OCH3 is 1. The number of rotatable bonds is 4. The van der Waals surface area contributed by atoms with E-state index >= 15 is 0 Å². The number of aromatic hydroxyl groups is 1. The van der Waals surface area contributed by atoms with Crippen molar-refractivity contribution >= 4 is 5.91 Å². The SMILES string of the molecule is COc1ccc(O)c(C(=O)NCC(C)O)c1. The Labute approximate surface area is 93.7 Å². The molecule has 0 heterocycles. The number of hydrogen-bond acceptors (Lipinski definition) is 4. The van der Waals surface area contributed by atoms with Gasteiger partial charge in [0, 0.05) is 6.54 Å². The summed E-state index contributed by atoms with van der Waals surface area (Å²) in [7, 11) is 1.48. The highest BCUT2D eigenvalue weighted by molar-refractivity contribution is 5.97. The van der Waals surface area contributed by atoms with Gasteiger partial charge >= 0.3 is 0 Å². The summed E-state index contributed by atoms with van der Waals surface area (Å²) in [5, 5.41) is 21.0. The van der Waals surface area contributed by atoms with Crippen molar-refractivity contribution in [3.8, 4) is 11.5 Å². The van der Waals surface area contributed by atoms with Gasteiger partial charge in [0.25, 0.3) is 5.91 Å². The Hall–Kier alpha value is -1.75. The fourth-order valence-corrected chi connectivity index (χ4v) is 1.16. The third-order valence-corrected chi connectivity index (χ3v) is 2.01. The number of nitrogens with one attached hydrogen (secondary N) is 1. The lowest BCUT2D eigenvalue weighted by molar-refractivity contribution is 0.0921. The van der Waals surface area contributed by atoms with Crippen molar-refractivity contribution in [2.75, 3.05) is 13.7 Å². The molecule has 0 spiro atoms. The molecule has 0 saturated carbocycles. The van der Waals surface area contributed by atoms with Crippen LogP contribution >= 0.6 is 0 Å². The van der Waals surface area contributed by atoms with Crippen LogP contribution in [0.25, 0.3) is 0 Å². The molecule has 1 rings (SSSR count). The number of phenols is 1. The molecule has 1 unspecified atom stereocenters. The molecule has 0 aliphatic carbocycles. The molecule has 0 aliphatic heterocycles. The maximum Gasteiger partial charge on any atom is 0.255 e. The number of phenolic OH excluding ortho intramolecular Hbond substituents is 1. The van der Waals surface area contributed by atoms with E-state index in [1.807, 2.05) is 0 Å². The highest BCUT2D eigenvalue weighted by Crippen LogP contribution is 2.22. The van der Waals surface area contributed by atoms with Gasteiger partial charge in [-0.05, 0) is 25.1 Å². The number of aliphatic hydroxyl groups excluding tert-OH is 1. The topological polar surface area (TPSA) is 78.8 Å². The lowest BCUT2D eigenvalue weighted by Crippen LogP contribution is -2.30. The molecule has 88 valence electrons. The molecule has 0 fully saturated rings. The average molecular weight is 225 g/mol. The van der Waals surface area contributed by atoms with Crippen molar-refractivity contribution in [1.82, 2.24) is 5.32 Å². The van der Waals surface area contributed by atoms with Crippen LogP contribution in [0.15, 0.2) is 18.2 Å². The normalized spacial score (nSPS) is 11.9. The largest absolute Gasteiger partial charge is 0.507 e. The van der Waals surface area contributed by atoms with Crippen molar-refractivity contribution in [1.29, 1.82) is 0 Å². The Balaban J connectivity index is 2.81. The van der Waals surface area contributed by atoms with Gasteiger partial charge in [0.15, 0.2) is 0 Å². The standard InChI is InChI=1S/C11H15NO4/c1-7(13)6-12-11(15)9-5-8(16-2)3-4-10(9)14/h3-5,7,13-14H,6H2,1-2H3,(H,12,15). The second-order valence-corrected chi connectivity index (χ2v) is 3.44. The van der Waals surface area contributed by atoms with Crippen LogP contribution in [-0.2, 0) is 0 Å². The lowest BCUT2D eigenvalue weighted by atomic mass is 10.1. The number of benzene rings is 1. The number of carbonyl (C=O) groups is 1. The van der Waals surface area contributed by atoms with Crippen LogP contribution in [0.3, 0.4) is 0 Å². The highest BCUT2D eigenvalue weighted by Gasteiger charge is 2.12. The summed E-state index contributed by atoms with van der Waals surface area (Å²) in [5.74, 6) is -0.0822. The van der Waals surface area contributed by atoms with Crippen LogP contribution < -0.4 is 10.1 Å². The third kappa shape index (κ3) is 3.13. The Morgan fingerprint density at radius 3 is 2.81 bits per heavy atom. The minimum absolute atomic E-state index is 0.121. The first-order chi connectivity index (χ1) is 7.54. The minimum atomic E-state index is -0.628. The van der Waals surface area contributed by atoms with Gasteiger partial charge in [-0.15, -0.1) is 0 Å². The van der Waals surface area contributed by atoms with E-state index < -0.39 is 12.0 Å². The molecule has 3 N–H and O–H groups in total. The van der Waals surface area contributed by atoms with Crippen LogP contribution in [0.5, 0.6) is 11.5 Å². The summed E-state index contributed by atoms with van der Waals surface area (Å²) in [4.78, 5) is 11.6. The van der Waals surface area contributed by atoms with Gasteiger partial charge in [0.1, 0.15) is 11.5 Å². The molecule has 0 aromatic heterocycles. The Bertz CT molecular complexity index is 376. The molecule has 1 aromatic rings. The van der Waals surface area contributed by atoms with Gasteiger partial charge in [-0.25, -0.2) is 0 Å². The molecule has 5 heteroatoms. The van der Waals surface area contributed by atoms with Gasteiger partial charge < -0.3 is 20.3 Å². The van der Waals surface area contributed by atoms with Crippen LogP contribution in [0.2, 0.25) is 0 Å². The van der Waals surface area contributed by atoms with E-state index in [4.69, 9.17) is 9.84 Å². The number of hydrogen-bond donors (Lipinski definition) is 3. The molecular weight excluding hydrogens is 210 g/mol. The average Bonchev–Trinajstić information content (AvgIpc) is 2.26. The van der Waals surface area contributed by atoms with Crippen molar-refractivity contribution in [2.45, 2.75) is 13.0 Å². The number of ether oxygens (including phenoxy) is 1. The first-order valence-electron chi connectivity index (χ1n) is 4.88. The maximum absolute atomic E-state index is 11.6. The molecule has 0 aliphatic rings. The second-order valence-electron chi connectivity index (χ2n) is 3.44. The zero-order valence-electron chi connectivity index (χ0n) is 9.23. The van der Waals surface area contributed by atoms with Gasteiger partial charge in [-0.2, -0.15) is 0 Å². The van der Waals surface area contributed by atoms with Crippen molar-refractivity contribution in [2.24, 2.45) is 0 Å². The molecule has 16 heavy (non-hydrogen) atoms. The summed E-state index contributed by atoms with van der Waals surface area (Å²) >= 11 is 0. The van der Waals surface area contributed by atoms with E-state index in [0.717, 1.165) is 0 Å². The zero-order valence-corrected chi connectivity index (χ0v) is 9.23. The molecule has 0 bridgehead atoms. The Morgan fingerprint density at radius 2 is 2.25 bits per heavy atom. The van der Waals surface area contributed by atoms with Crippen molar-refractivity contribution in [3.63, 3.8) is 0 Å². The smallest absolute Gasteiger partial charge is 0.255 e. The molecule has 1 atom stereocenters. The number of aliphatic hydroxyl groups is 1. The fourth-order valence-electron chi connectivity index (χ4n) is 1.16. The zero-order chi connectivity index (χ0) is 12.1. The number of carbonyl (C=O) groups excluding carboxylic acids is 1. The lowest BCUT2D eigenvalue weighted by Gasteiger charge is -2.09. The van der Waals surface area contributed by atoms with Gasteiger partial charge in [0.2, 0.25) is 0 Å². The Morgan fingerprint density at radius 1 is 1.56 bits per heavy atom. The molecular formula is C11H15NO4. The van der Waals surface area contributed by atoms with E-state index in [9.17, 15) is 9.90 Å². The van der Waals surface area contributed by atoms with Crippen molar-refractivity contribution in [3.05, 3.63) is 23.8 Å². The summed E-state index contributed by atoms with van der Waals surface area (Å²) in [5.41, 5.74) is 0.125. The molecule has 1 amide bonds. The first kappa shape index (κ1) is 12.3. The number of amides is 1. The summed E-state index contributed by atoms with van der Waals surface area (Å²) in [6.07, 6.45) is -0.628. The van der Waals surface area contributed by atoms with Gasteiger partial charge in [-0.1, -0.05) is 0 Å². The maximum atomic E-state index is 11.6.